The Morgan fingerprint density at radius 3 is 3.00 bits per heavy atom. The molecule has 1 aromatic carbocycles. The van der Waals surface area contributed by atoms with Gasteiger partial charge < -0.3 is 14.8 Å². The normalized spacial score (nSPS) is 16.1. The third-order valence-electron chi connectivity index (χ3n) is 4.58. The number of aromatic nitrogens is 2. The molecule has 0 saturated carbocycles. The number of ether oxygens (including phenoxy) is 2. The van der Waals surface area contributed by atoms with E-state index in [2.05, 4.69) is 24.3 Å². The van der Waals surface area contributed by atoms with Crippen molar-refractivity contribution < 1.29 is 14.3 Å². The third kappa shape index (κ3) is 4.00. The zero-order valence-corrected chi connectivity index (χ0v) is 15.9. The lowest BCUT2D eigenvalue weighted by Crippen LogP contribution is -2.35. The first-order valence-electron chi connectivity index (χ1n) is 9.07. The molecule has 0 spiro atoms. The van der Waals surface area contributed by atoms with Gasteiger partial charge in [0.25, 0.3) is 5.91 Å². The van der Waals surface area contributed by atoms with E-state index in [9.17, 15) is 4.79 Å². The zero-order chi connectivity index (χ0) is 18.7. The molecule has 6 heteroatoms. The Morgan fingerprint density at radius 1 is 1.46 bits per heavy atom. The molecule has 0 saturated heterocycles. The number of benzene rings is 1. The van der Waals surface area contributed by atoms with E-state index in [1.54, 1.807) is 11.8 Å². The van der Waals surface area contributed by atoms with Crippen LogP contribution < -0.4 is 14.8 Å². The van der Waals surface area contributed by atoms with Gasteiger partial charge in [-0.05, 0) is 36.5 Å². The second kappa shape index (κ2) is 7.81. The molecule has 26 heavy (non-hydrogen) atoms. The molecule has 0 aliphatic carbocycles. The van der Waals surface area contributed by atoms with Crippen LogP contribution in [0.5, 0.6) is 11.5 Å². The molecular formula is C20H27N3O3. The van der Waals surface area contributed by atoms with E-state index in [4.69, 9.17) is 9.47 Å². The highest BCUT2D eigenvalue weighted by atomic mass is 16.5. The second-order valence-electron chi connectivity index (χ2n) is 7.28. The fourth-order valence-electron chi connectivity index (χ4n) is 3.33. The Hall–Kier alpha value is -2.50. The molecule has 0 bridgehead atoms. The number of carbonyl (C=O) groups excluding carboxylic acids is 1. The molecule has 1 aliphatic heterocycles. The Morgan fingerprint density at radius 2 is 2.27 bits per heavy atom. The first-order chi connectivity index (χ1) is 12.5. The molecular weight excluding hydrogens is 330 g/mol. The van der Waals surface area contributed by atoms with Crippen molar-refractivity contribution in [1.82, 2.24) is 15.1 Å². The highest BCUT2D eigenvalue weighted by Crippen LogP contribution is 2.35. The van der Waals surface area contributed by atoms with E-state index in [1.165, 1.54) is 0 Å². The lowest BCUT2D eigenvalue weighted by Gasteiger charge is -2.26. The highest BCUT2D eigenvalue weighted by molar-refractivity contribution is 5.92. The maximum Gasteiger partial charge on any atom is 0.269 e. The number of nitrogens with one attached hydrogen (secondary N) is 1. The van der Waals surface area contributed by atoms with Gasteiger partial charge in [0.05, 0.1) is 19.4 Å². The SMILES string of the molecule is COc1cccc2c1OC[C@@H](CNC(=O)c1cc(CC(C)C)nn1C)C2. The van der Waals surface area contributed by atoms with Crippen molar-refractivity contribution in [3.8, 4) is 11.5 Å². The number of nitrogens with zero attached hydrogens (tertiary/aromatic N) is 2. The van der Waals surface area contributed by atoms with Gasteiger partial charge in [-0.1, -0.05) is 26.0 Å². The predicted octanol–water partition coefficient (Wildman–Crippen LogP) is 2.61. The van der Waals surface area contributed by atoms with E-state index in [0.29, 0.717) is 24.8 Å². The van der Waals surface area contributed by atoms with Gasteiger partial charge in [-0.25, -0.2) is 0 Å². The van der Waals surface area contributed by atoms with Crippen LogP contribution in [0.15, 0.2) is 24.3 Å². The highest BCUT2D eigenvalue weighted by Gasteiger charge is 2.23. The van der Waals surface area contributed by atoms with E-state index in [1.807, 2.05) is 31.3 Å². The molecule has 2 heterocycles. The van der Waals surface area contributed by atoms with Crippen molar-refractivity contribution in [2.45, 2.75) is 26.7 Å². The minimum absolute atomic E-state index is 0.0913. The van der Waals surface area contributed by atoms with Crippen molar-refractivity contribution in [3.63, 3.8) is 0 Å². The van der Waals surface area contributed by atoms with Gasteiger partial charge in [0.1, 0.15) is 5.69 Å². The first kappa shape index (κ1) is 18.3. The van der Waals surface area contributed by atoms with E-state index in [0.717, 1.165) is 35.6 Å². The summed E-state index contributed by atoms with van der Waals surface area (Å²) in [4.78, 5) is 12.5. The summed E-state index contributed by atoms with van der Waals surface area (Å²) in [6, 6.07) is 7.80. The van der Waals surface area contributed by atoms with Crippen LogP contribution in [-0.2, 0) is 19.9 Å². The Balaban J connectivity index is 1.59. The van der Waals surface area contributed by atoms with Gasteiger partial charge in [-0.15, -0.1) is 0 Å². The molecule has 140 valence electrons. The lowest BCUT2D eigenvalue weighted by atomic mass is 9.96. The van der Waals surface area contributed by atoms with Gasteiger partial charge in [0, 0.05) is 19.5 Å². The van der Waals surface area contributed by atoms with Crippen LogP contribution in [0, 0.1) is 11.8 Å². The number of amides is 1. The van der Waals surface area contributed by atoms with Crippen LogP contribution in [-0.4, -0.2) is 35.9 Å². The molecule has 2 aromatic rings. The topological polar surface area (TPSA) is 65.4 Å². The van der Waals surface area contributed by atoms with E-state index in [-0.39, 0.29) is 11.8 Å². The standard InChI is InChI=1S/C20H27N3O3/c1-13(2)8-16-10-17(23(3)22-16)20(24)21-11-14-9-15-6-5-7-18(25-4)19(15)26-12-14/h5-7,10,13-14H,8-9,11-12H2,1-4H3,(H,21,24)/t14-/m1/s1. The molecule has 1 aliphatic rings. The molecule has 1 amide bonds. The summed E-state index contributed by atoms with van der Waals surface area (Å²) < 4.78 is 12.9. The quantitative estimate of drug-likeness (QED) is 0.863. The van der Waals surface area contributed by atoms with Crippen LogP contribution in [0.2, 0.25) is 0 Å². The maximum absolute atomic E-state index is 12.5. The largest absolute Gasteiger partial charge is 0.493 e. The van der Waals surface area contributed by atoms with Crippen molar-refractivity contribution in [2.24, 2.45) is 18.9 Å². The number of aryl methyl sites for hydroxylation is 1. The van der Waals surface area contributed by atoms with Crippen molar-refractivity contribution >= 4 is 5.91 Å². The molecule has 0 fully saturated rings. The fraction of sp³-hybridized carbons (Fsp3) is 0.500. The molecule has 0 radical (unpaired) electrons. The number of para-hydroxylation sites is 1. The minimum Gasteiger partial charge on any atom is -0.493 e. The van der Waals surface area contributed by atoms with Gasteiger partial charge in [0.15, 0.2) is 11.5 Å². The van der Waals surface area contributed by atoms with Crippen molar-refractivity contribution in [1.29, 1.82) is 0 Å². The van der Waals surface area contributed by atoms with Crippen LogP contribution in [0.4, 0.5) is 0 Å². The lowest BCUT2D eigenvalue weighted by molar-refractivity contribution is 0.0929. The van der Waals surface area contributed by atoms with Crippen LogP contribution in [0.25, 0.3) is 0 Å². The van der Waals surface area contributed by atoms with Gasteiger partial charge in [-0.3, -0.25) is 9.48 Å². The van der Waals surface area contributed by atoms with Gasteiger partial charge >= 0.3 is 0 Å². The minimum atomic E-state index is -0.0913. The molecule has 1 aromatic heterocycles. The summed E-state index contributed by atoms with van der Waals surface area (Å²) in [5, 5.41) is 7.46. The van der Waals surface area contributed by atoms with Crippen molar-refractivity contribution in [2.75, 3.05) is 20.3 Å². The average molecular weight is 357 g/mol. The number of hydrogen-bond donors (Lipinski definition) is 1. The second-order valence-corrected chi connectivity index (χ2v) is 7.28. The Kier molecular flexibility index (Phi) is 5.49. The number of fused-ring (bicyclic) bond motifs is 1. The molecule has 1 atom stereocenters. The number of carbonyl (C=O) groups is 1. The number of rotatable bonds is 6. The number of methoxy groups -OCH3 is 1. The van der Waals surface area contributed by atoms with Crippen molar-refractivity contribution in [3.05, 3.63) is 41.2 Å². The summed E-state index contributed by atoms with van der Waals surface area (Å²) in [6.45, 7) is 5.42. The molecule has 0 unspecified atom stereocenters. The zero-order valence-electron chi connectivity index (χ0n) is 15.9. The summed E-state index contributed by atoms with van der Waals surface area (Å²) in [6.07, 6.45) is 1.73. The van der Waals surface area contributed by atoms with Crippen LogP contribution >= 0.6 is 0 Å². The molecule has 6 nitrogen and oxygen atoms in total. The van der Waals surface area contributed by atoms with Crippen LogP contribution in [0.3, 0.4) is 0 Å². The summed E-state index contributed by atoms with van der Waals surface area (Å²) >= 11 is 0. The molecule has 3 rings (SSSR count). The number of hydrogen-bond acceptors (Lipinski definition) is 4. The van der Waals surface area contributed by atoms with Gasteiger partial charge in [-0.2, -0.15) is 5.10 Å². The Labute approximate surface area is 154 Å². The smallest absolute Gasteiger partial charge is 0.269 e. The third-order valence-corrected chi connectivity index (χ3v) is 4.58. The monoisotopic (exact) mass is 357 g/mol. The predicted molar refractivity (Wildman–Crippen MR) is 99.8 cm³/mol. The summed E-state index contributed by atoms with van der Waals surface area (Å²) in [7, 11) is 3.46. The van der Waals surface area contributed by atoms with Crippen LogP contribution in [0.1, 0.15) is 35.6 Å². The summed E-state index contributed by atoms with van der Waals surface area (Å²) in [5.41, 5.74) is 2.67. The van der Waals surface area contributed by atoms with E-state index >= 15 is 0 Å². The summed E-state index contributed by atoms with van der Waals surface area (Å²) in [5.74, 6) is 2.24. The maximum atomic E-state index is 12.5. The Bertz CT molecular complexity index is 783. The fourth-order valence-corrected chi connectivity index (χ4v) is 3.33. The van der Waals surface area contributed by atoms with E-state index < -0.39 is 0 Å². The first-order valence-corrected chi connectivity index (χ1v) is 9.07. The average Bonchev–Trinajstić information content (AvgIpc) is 2.98. The van der Waals surface area contributed by atoms with Gasteiger partial charge in [0.2, 0.25) is 0 Å². The molecule has 1 N–H and O–H groups in total.